The highest BCUT2D eigenvalue weighted by Gasteiger charge is 2.21. The van der Waals surface area contributed by atoms with E-state index in [9.17, 15) is 0 Å². The average molecular weight is 248 g/mol. The second kappa shape index (κ2) is 6.32. The molecule has 100 valence electrons. The summed E-state index contributed by atoms with van der Waals surface area (Å²) in [7, 11) is 0. The second-order valence-corrected chi connectivity index (χ2v) is 5.22. The topological polar surface area (TPSA) is 38.5 Å². The Morgan fingerprint density at radius 1 is 1.11 bits per heavy atom. The summed E-state index contributed by atoms with van der Waals surface area (Å²) >= 11 is 0. The molecule has 1 aliphatic heterocycles. The molecular weight excluding hydrogens is 224 g/mol. The van der Waals surface area contributed by atoms with Gasteiger partial charge in [-0.25, -0.2) is 0 Å². The van der Waals surface area contributed by atoms with Crippen molar-refractivity contribution in [3.63, 3.8) is 0 Å². The highest BCUT2D eigenvalue weighted by molar-refractivity contribution is 5.27. The van der Waals surface area contributed by atoms with Crippen LogP contribution in [0.15, 0.2) is 24.3 Å². The minimum atomic E-state index is 0.329. The number of hydrogen-bond donors (Lipinski definition) is 1. The quantitative estimate of drug-likeness (QED) is 0.887. The van der Waals surface area contributed by atoms with Crippen LogP contribution in [-0.4, -0.2) is 37.7 Å². The van der Waals surface area contributed by atoms with Crippen LogP contribution in [0, 0.1) is 0 Å². The number of nitrogens with two attached hydrogens (primary N) is 1. The van der Waals surface area contributed by atoms with Gasteiger partial charge in [-0.1, -0.05) is 38.1 Å². The van der Waals surface area contributed by atoms with Gasteiger partial charge in [-0.05, 0) is 17.0 Å². The summed E-state index contributed by atoms with van der Waals surface area (Å²) < 4.78 is 5.40. The predicted molar refractivity (Wildman–Crippen MR) is 74.7 cm³/mol. The molecule has 1 fully saturated rings. The van der Waals surface area contributed by atoms with E-state index in [-0.39, 0.29) is 0 Å². The van der Waals surface area contributed by atoms with Gasteiger partial charge in [0.2, 0.25) is 0 Å². The maximum atomic E-state index is 5.95. The molecule has 3 nitrogen and oxygen atoms in total. The Hall–Kier alpha value is -0.900. The minimum absolute atomic E-state index is 0.329. The van der Waals surface area contributed by atoms with E-state index in [1.165, 1.54) is 11.1 Å². The molecule has 1 unspecified atom stereocenters. The zero-order valence-electron chi connectivity index (χ0n) is 11.4. The molecule has 1 saturated heterocycles. The fourth-order valence-electron chi connectivity index (χ4n) is 2.49. The van der Waals surface area contributed by atoms with Crippen LogP contribution in [0.25, 0.3) is 0 Å². The summed E-state index contributed by atoms with van der Waals surface area (Å²) in [6.45, 7) is 8.71. The van der Waals surface area contributed by atoms with Crippen LogP contribution in [0.2, 0.25) is 0 Å². The third-order valence-electron chi connectivity index (χ3n) is 3.70. The van der Waals surface area contributed by atoms with E-state index in [0.29, 0.717) is 18.5 Å². The van der Waals surface area contributed by atoms with Crippen molar-refractivity contribution in [2.75, 3.05) is 32.8 Å². The first-order chi connectivity index (χ1) is 8.72. The molecule has 18 heavy (non-hydrogen) atoms. The summed E-state index contributed by atoms with van der Waals surface area (Å²) in [6.07, 6.45) is 0. The lowest BCUT2D eigenvalue weighted by atomic mass is 9.98. The number of benzene rings is 1. The van der Waals surface area contributed by atoms with Gasteiger partial charge in [0.1, 0.15) is 0 Å². The van der Waals surface area contributed by atoms with E-state index < -0.39 is 0 Å². The van der Waals surface area contributed by atoms with Gasteiger partial charge in [0.25, 0.3) is 0 Å². The largest absolute Gasteiger partial charge is 0.379 e. The first-order valence-corrected chi connectivity index (χ1v) is 6.84. The lowest BCUT2D eigenvalue weighted by Crippen LogP contribution is -2.41. The summed E-state index contributed by atoms with van der Waals surface area (Å²) in [4.78, 5) is 2.42. The molecule has 0 aromatic heterocycles. The molecule has 1 heterocycles. The summed E-state index contributed by atoms with van der Waals surface area (Å²) in [5.41, 5.74) is 8.66. The summed E-state index contributed by atoms with van der Waals surface area (Å²) in [5.74, 6) is 0.582. The summed E-state index contributed by atoms with van der Waals surface area (Å²) in [6, 6.07) is 9.23. The molecule has 0 bridgehead atoms. The Morgan fingerprint density at radius 3 is 2.17 bits per heavy atom. The van der Waals surface area contributed by atoms with Gasteiger partial charge >= 0.3 is 0 Å². The molecule has 1 aliphatic rings. The first kappa shape index (κ1) is 13.5. The lowest BCUT2D eigenvalue weighted by Gasteiger charge is -2.34. The standard InChI is InChI=1S/C15H24N2O/c1-12(2)13-3-5-14(6-4-13)15(11-16)17-7-9-18-10-8-17/h3-6,12,15H,7-11,16H2,1-2H3. The van der Waals surface area contributed by atoms with Gasteiger partial charge in [-0.2, -0.15) is 0 Å². The predicted octanol–water partition coefficient (Wildman–Crippen LogP) is 2.14. The third-order valence-corrected chi connectivity index (χ3v) is 3.70. The van der Waals surface area contributed by atoms with Crippen LogP contribution >= 0.6 is 0 Å². The zero-order valence-corrected chi connectivity index (χ0v) is 11.4. The van der Waals surface area contributed by atoms with Gasteiger partial charge in [0.15, 0.2) is 0 Å². The summed E-state index contributed by atoms with van der Waals surface area (Å²) in [5, 5.41) is 0. The Labute approximate surface area is 110 Å². The Balaban J connectivity index is 2.11. The van der Waals surface area contributed by atoms with E-state index in [2.05, 4.69) is 43.0 Å². The SMILES string of the molecule is CC(C)c1ccc(C(CN)N2CCOCC2)cc1. The molecule has 3 heteroatoms. The number of ether oxygens (including phenoxy) is 1. The fourth-order valence-corrected chi connectivity index (χ4v) is 2.49. The molecule has 1 aromatic rings. The Bertz CT molecular complexity index is 355. The molecule has 0 aliphatic carbocycles. The highest BCUT2D eigenvalue weighted by atomic mass is 16.5. The van der Waals surface area contributed by atoms with Crippen molar-refractivity contribution >= 4 is 0 Å². The van der Waals surface area contributed by atoms with Gasteiger partial charge < -0.3 is 10.5 Å². The van der Waals surface area contributed by atoms with Crippen molar-refractivity contribution in [3.8, 4) is 0 Å². The maximum Gasteiger partial charge on any atom is 0.0594 e. The molecule has 0 amide bonds. The molecule has 0 saturated carbocycles. The molecule has 2 N–H and O–H groups in total. The van der Waals surface area contributed by atoms with Crippen molar-refractivity contribution in [2.24, 2.45) is 5.73 Å². The van der Waals surface area contributed by atoms with Crippen LogP contribution in [0.5, 0.6) is 0 Å². The molecule has 0 spiro atoms. The normalized spacial score (nSPS) is 19.1. The van der Waals surface area contributed by atoms with E-state index in [0.717, 1.165) is 26.3 Å². The molecule has 1 aromatic carbocycles. The van der Waals surface area contributed by atoms with Gasteiger partial charge in [0.05, 0.1) is 13.2 Å². The van der Waals surface area contributed by atoms with Crippen molar-refractivity contribution in [3.05, 3.63) is 35.4 Å². The van der Waals surface area contributed by atoms with Crippen molar-refractivity contribution in [2.45, 2.75) is 25.8 Å². The van der Waals surface area contributed by atoms with Crippen LogP contribution in [0.3, 0.4) is 0 Å². The fraction of sp³-hybridized carbons (Fsp3) is 0.600. The van der Waals surface area contributed by atoms with Gasteiger partial charge in [0, 0.05) is 25.7 Å². The second-order valence-electron chi connectivity index (χ2n) is 5.22. The smallest absolute Gasteiger partial charge is 0.0594 e. The van der Waals surface area contributed by atoms with Crippen molar-refractivity contribution < 1.29 is 4.74 Å². The maximum absolute atomic E-state index is 5.95. The molecular formula is C15H24N2O. The van der Waals surface area contributed by atoms with E-state index >= 15 is 0 Å². The van der Waals surface area contributed by atoms with Crippen LogP contribution < -0.4 is 5.73 Å². The van der Waals surface area contributed by atoms with E-state index in [4.69, 9.17) is 10.5 Å². The zero-order chi connectivity index (χ0) is 13.0. The molecule has 0 radical (unpaired) electrons. The molecule has 2 rings (SSSR count). The van der Waals surface area contributed by atoms with Crippen molar-refractivity contribution in [1.82, 2.24) is 4.90 Å². The number of hydrogen-bond acceptors (Lipinski definition) is 3. The van der Waals surface area contributed by atoms with Crippen LogP contribution in [0.4, 0.5) is 0 Å². The van der Waals surface area contributed by atoms with E-state index in [1.54, 1.807) is 0 Å². The number of rotatable bonds is 4. The molecule has 1 atom stereocenters. The number of nitrogens with zero attached hydrogens (tertiary/aromatic N) is 1. The lowest BCUT2D eigenvalue weighted by molar-refractivity contribution is 0.0179. The Kier molecular flexibility index (Phi) is 4.75. The van der Waals surface area contributed by atoms with Gasteiger partial charge in [-0.15, -0.1) is 0 Å². The van der Waals surface area contributed by atoms with Crippen molar-refractivity contribution in [1.29, 1.82) is 0 Å². The van der Waals surface area contributed by atoms with Crippen LogP contribution in [-0.2, 0) is 4.74 Å². The first-order valence-electron chi connectivity index (χ1n) is 6.84. The third kappa shape index (κ3) is 3.10. The van der Waals surface area contributed by atoms with Crippen LogP contribution in [0.1, 0.15) is 36.9 Å². The average Bonchev–Trinajstić information content (AvgIpc) is 2.41. The monoisotopic (exact) mass is 248 g/mol. The van der Waals surface area contributed by atoms with Gasteiger partial charge in [-0.3, -0.25) is 4.90 Å². The Morgan fingerprint density at radius 2 is 1.67 bits per heavy atom. The highest BCUT2D eigenvalue weighted by Crippen LogP contribution is 2.23. The van der Waals surface area contributed by atoms with E-state index in [1.807, 2.05) is 0 Å². The minimum Gasteiger partial charge on any atom is -0.379 e. The number of morpholine rings is 1.